The number of hydrogen-bond donors (Lipinski definition) is 1. The van der Waals surface area contributed by atoms with Gasteiger partial charge < -0.3 is 9.63 Å². The van der Waals surface area contributed by atoms with Crippen molar-refractivity contribution in [2.75, 3.05) is 7.11 Å². The number of benzene rings is 2. The maximum absolute atomic E-state index is 11.3. The average molecular weight is 300 g/mol. The molecular weight excluding hydrogens is 283 g/mol. The Labute approximate surface area is 125 Å². The van der Waals surface area contributed by atoms with E-state index in [1.807, 2.05) is 60.7 Å². The molecule has 0 saturated heterocycles. The quantitative estimate of drug-likeness (QED) is 0.524. The Kier molecular flexibility index (Phi) is 5.68. The van der Waals surface area contributed by atoms with Gasteiger partial charge in [-0.2, -0.15) is 0 Å². The molecule has 0 aliphatic heterocycles. The molecule has 21 heavy (non-hydrogen) atoms. The Morgan fingerprint density at radius 3 is 2.24 bits per heavy atom. The highest BCUT2D eigenvalue weighted by Crippen LogP contribution is 2.47. The lowest BCUT2D eigenvalue weighted by Gasteiger charge is -2.20. The Balaban J connectivity index is 2.32. The molecule has 0 bridgehead atoms. The molecule has 0 amide bonds. The molecule has 0 radical (unpaired) electrons. The molecule has 1 N–H and O–H groups in total. The number of carbonyl (C=O) groups excluding carboxylic acids is 1. The number of ether oxygens (including phenoxy) is 1. The van der Waals surface area contributed by atoms with E-state index in [1.165, 1.54) is 13.2 Å². The minimum absolute atomic E-state index is 0.248. The van der Waals surface area contributed by atoms with E-state index in [1.54, 1.807) is 6.08 Å². The summed E-state index contributed by atoms with van der Waals surface area (Å²) in [5, 5.41) is 0.871. The smallest absolute Gasteiger partial charge is 0.330 e. The zero-order chi connectivity index (χ0) is 15.1. The van der Waals surface area contributed by atoms with Gasteiger partial charge in [-0.15, -0.1) is 0 Å². The molecule has 2 rings (SSSR count). The molecule has 2 aromatic rings. The molecular formula is C17H17O3P. The molecule has 108 valence electrons. The first-order valence-corrected chi connectivity index (χ1v) is 7.93. The van der Waals surface area contributed by atoms with Crippen LogP contribution in [0.25, 0.3) is 0 Å². The summed E-state index contributed by atoms with van der Waals surface area (Å²) in [4.78, 5) is 22.0. The normalized spacial score (nSPS) is 13.8. The minimum atomic E-state index is -1.45. The van der Waals surface area contributed by atoms with Gasteiger partial charge in [-0.3, -0.25) is 0 Å². The largest absolute Gasteiger partial charge is 0.466 e. The van der Waals surface area contributed by atoms with Crippen molar-refractivity contribution in [3.05, 3.63) is 78.4 Å². The van der Waals surface area contributed by atoms with Gasteiger partial charge in [0.1, 0.15) is 0 Å². The van der Waals surface area contributed by atoms with Crippen molar-refractivity contribution >= 4 is 19.4 Å². The van der Waals surface area contributed by atoms with Crippen LogP contribution < -0.4 is 5.30 Å². The second kappa shape index (κ2) is 7.72. The van der Waals surface area contributed by atoms with E-state index in [4.69, 9.17) is 0 Å². The number of methoxy groups -OCH3 is 1. The van der Waals surface area contributed by atoms with E-state index in [2.05, 4.69) is 4.74 Å². The van der Waals surface area contributed by atoms with Gasteiger partial charge in [0.25, 0.3) is 0 Å². The highest BCUT2D eigenvalue weighted by atomic mass is 31.1. The monoisotopic (exact) mass is 300 g/mol. The molecule has 0 heterocycles. The molecule has 0 fully saturated rings. The first-order valence-electron chi connectivity index (χ1n) is 6.56. The molecule has 0 aliphatic carbocycles. The molecule has 3 nitrogen and oxygen atoms in total. The highest BCUT2D eigenvalue weighted by Gasteiger charge is 2.20. The summed E-state index contributed by atoms with van der Waals surface area (Å²) < 4.78 is 4.62. The van der Waals surface area contributed by atoms with Crippen LogP contribution in [0.1, 0.15) is 11.2 Å². The number of rotatable bonds is 5. The standard InChI is InChI=1S/C17H17O3P/c1-20-17(18)13-12-16(14-8-4-2-5-9-14)21(19)15-10-6-3-7-11-15/h2-13,16,19H,1H3/b13-12+. The molecule has 0 aromatic heterocycles. The first-order chi connectivity index (χ1) is 10.2. The third kappa shape index (κ3) is 4.25. The summed E-state index contributed by atoms with van der Waals surface area (Å²) >= 11 is 0. The molecule has 2 atom stereocenters. The first kappa shape index (κ1) is 15.4. The molecule has 0 saturated carbocycles. The number of hydrogen-bond acceptors (Lipinski definition) is 3. The molecule has 4 heteroatoms. The van der Waals surface area contributed by atoms with Crippen LogP contribution in [-0.4, -0.2) is 18.0 Å². The summed E-state index contributed by atoms with van der Waals surface area (Å²) in [5.74, 6) is -0.424. The van der Waals surface area contributed by atoms with Gasteiger partial charge >= 0.3 is 5.97 Å². The van der Waals surface area contributed by atoms with Crippen molar-refractivity contribution in [1.82, 2.24) is 0 Å². The van der Waals surface area contributed by atoms with E-state index in [0.29, 0.717) is 0 Å². The van der Waals surface area contributed by atoms with Crippen LogP contribution in [0.3, 0.4) is 0 Å². The lowest BCUT2D eigenvalue weighted by molar-refractivity contribution is -0.134. The number of allylic oxidation sites excluding steroid dienone is 1. The maximum atomic E-state index is 11.3. The zero-order valence-electron chi connectivity index (χ0n) is 11.7. The highest BCUT2D eigenvalue weighted by molar-refractivity contribution is 7.60. The third-order valence-corrected chi connectivity index (χ3v) is 4.87. The van der Waals surface area contributed by atoms with Crippen LogP contribution in [0.2, 0.25) is 0 Å². The van der Waals surface area contributed by atoms with Crippen LogP contribution in [0, 0.1) is 0 Å². The fourth-order valence-corrected chi connectivity index (χ4v) is 3.47. The van der Waals surface area contributed by atoms with Crippen molar-refractivity contribution in [2.45, 2.75) is 5.66 Å². The summed E-state index contributed by atoms with van der Waals surface area (Å²) in [6, 6.07) is 19.1. The Hall–Kier alpha value is -1.96. The Bertz CT molecular complexity index is 596. The summed E-state index contributed by atoms with van der Waals surface area (Å²) in [6.45, 7) is 0. The van der Waals surface area contributed by atoms with E-state index < -0.39 is 14.1 Å². The fourth-order valence-electron chi connectivity index (χ4n) is 1.96. The SMILES string of the molecule is COC(=O)/C=C/C(c1ccccc1)P(O)c1ccccc1. The Morgan fingerprint density at radius 1 is 1.10 bits per heavy atom. The molecule has 0 spiro atoms. The van der Waals surface area contributed by atoms with Crippen molar-refractivity contribution in [1.29, 1.82) is 0 Å². The van der Waals surface area contributed by atoms with E-state index in [0.717, 1.165) is 10.9 Å². The van der Waals surface area contributed by atoms with Crippen molar-refractivity contribution in [2.24, 2.45) is 0 Å². The van der Waals surface area contributed by atoms with Gasteiger partial charge in [0, 0.05) is 11.4 Å². The van der Waals surface area contributed by atoms with Gasteiger partial charge in [0.05, 0.1) is 20.9 Å². The molecule has 0 aliphatic rings. The van der Waals surface area contributed by atoms with Gasteiger partial charge in [0.2, 0.25) is 0 Å². The summed E-state index contributed by atoms with van der Waals surface area (Å²) in [7, 11) is -0.109. The number of carbonyl (C=O) groups is 1. The van der Waals surface area contributed by atoms with E-state index in [-0.39, 0.29) is 5.66 Å². The second-order valence-electron chi connectivity index (χ2n) is 4.42. The van der Waals surface area contributed by atoms with Crippen LogP contribution in [0.4, 0.5) is 0 Å². The van der Waals surface area contributed by atoms with Crippen LogP contribution in [0.15, 0.2) is 72.8 Å². The summed E-state index contributed by atoms with van der Waals surface area (Å²) in [5.41, 5.74) is 0.720. The van der Waals surface area contributed by atoms with Gasteiger partial charge in [-0.25, -0.2) is 4.79 Å². The van der Waals surface area contributed by atoms with Crippen molar-refractivity contribution in [3.8, 4) is 0 Å². The predicted molar refractivity (Wildman–Crippen MR) is 85.6 cm³/mol. The van der Waals surface area contributed by atoms with Crippen LogP contribution in [-0.2, 0) is 9.53 Å². The fraction of sp³-hybridized carbons (Fsp3) is 0.118. The third-order valence-electron chi connectivity index (χ3n) is 3.04. The average Bonchev–Trinajstić information content (AvgIpc) is 2.56. The van der Waals surface area contributed by atoms with Crippen molar-refractivity contribution < 1.29 is 14.4 Å². The Morgan fingerprint density at radius 2 is 1.67 bits per heavy atom. The zero-order valence-corrected chi connectivity index (χ0v) is 12.6. The number of esters is 1. The van der Waals surface area contributed by atoms with E-state index in [9.17, 15) is 9.69 Å². The molecule has 2 unspecified atom stereocenters. The van der Waals surface area contributed by atoms with Crippen molar-refractivity contribution in [3.63, 3.8) is 0 Å². The van der Waals surface area contributed by atoms with Gasteiger partial charge in [-0.1, -0.05) is 66.7 Å². The minimum Gasteiger partial charge on any atom is -0.466 e. The maximum Gasteiger partial charge on any atom is 0.330 e. The van der Waals surface area contributed by atoms with Gasteiger partial charge in [0.15, 0.2) is 0 Å². The topological polar surface area (TPSA) is 46.5 Å². The predicted octanol–water partition coefficient (Wildman–Crippen LogP) is 3.17. The lowest BCUT2D eigenvalue weighted by Crippen LogP contribution is -2.06. The van der Waals surface area contributed by atoms with Gasteiger partial charge in [-0.05, 0) is 5.56 Å². The second-order valence-corrected chi connectivity index (χ2v) is 6.18. The molecule has 2 aromatic carbocycles. The summed E-state index contributed by atoms with van der Waals surface area (Å²) in [6.07, 6.45) is 3.08. The van der Waals surface area contributed by atoms with Crippen LogP contribution in [0.5, 0.6) is 0 Å². The lowest BCUT2D eigenvalue weighted by atomic mass is 10.1. The van der Waals surface area contributed by atoms with E-state index >= 15 is 0 Å². The van der Waals surface area contributed by atoms with Crippen LogP contribution >= 0.6 is 8.15 Å².